The lowest BCUT2D eigenvalue weighted by Crippen LogP contribution is -2.27. The first-order chi connectivity index (χ1) is 10.1. The summed E-state index contributed by atoms with van der Waals surface area (Å²) in [7, 11) is 0. The van der Waals surface area contributed by atoms with E-state index in [9.17, 15) is 4.79 Å². The third-order valence-electron chi connectivity index (χ3n) is 2.75. The first-order valence-corrected chi connectivity index (χ1v) is 7.38. The van der Waals surface area contributed by atoms with E-state index in [-0.39, 0.29) is 12.5 Å². The number of halogens is 3. The molecule has 21 heavy (non-hydrogen) atoms. The van der Waals surface area contributed by atoms with Gasteiger partial charge in [-0.25, -0.2) is 0 Å². The first-order valence-electron chi connectivity index (χ1n) is 6.25. The van der Waals surface area contributed by atoms with Crippen LogP contribution in [-0.2, 0) is 11.3 Å². The molecule has 0 spiro atoms. The average Bonchev–Trinajstić information content (AvgIpc) is 2.46. The van der Waals surface area contributed by atoms with Gasteiger partial charge < -0.3 is 10.6 Å². The van der Waals surface area contributed by atoms with Gasteiger partial charge in [0.05, 0.1) is 22.3 Å². The van der Waals surface area contributed by atoms with Crippen molar-refractivity contribution >= 4 is 46.4 Å². The zero-order chi connectivity index (χ0) is 15.2. The van der Waals surface area contributed by atoms with E-state index >= 15 is 0 Å². The fourth-order valence-corrected chi connectivity index (χ4v) is 2.19. The van der Waals surface area contributed by atoms with Crippen LogP contribution in [0.25, 0.3) is 0 Å². The molecule has 0 saturated carbocycles. The van der Waals surface area contributed by atoms with E-state index in [1.165, 1.54) is 0 Å². The maximum atomic E-state index is 11.8. The van der Waals surface area contributed by atoms with Crippen molar-refractivity contribution in [1.82, 2.24) is 5.32 Å². The molecule has 2 rings (SSSR count). The summed E-state index contributed by atoms with van der Waals surface area (Å²) in [5, 5.41) is 7.18. The molecule has 110 valence electrons. The molecule has 0 aliphatic rings. The Morgan fingerprint density at radius 3 is 2.43 bits per heavy atom. The monoisotopic (exact) mass is 342 g/mol. The summed E-state index contributed by atoms with van der Waals surface area (Å²) in [4.78, 5) is 11.8. The van der Waals surface area contributed by atoms with Crippen LogP contribution in [0.4, 0.5) is 5.69 Å². The Hall–Kier alpha value is -1.26. The molecule has 3 nitrogen and oxygen atoms in total. The van der Waals surface area contributed by atoms with E-state index in [2.05, 4.69) is 10.6 Å². The van der Waals surface area contributed by atoms with Crippen molar-refractivity contribution in [2.75, 3.05) is 11.9 Å². The van der Waals surface area contributed by atoms with Crippen molar-refractivity contribution in [3.63, 3.8) is 0 Å². The van der Waals surface area contributed by atoms with Crippen molar-refractivity contribution in [3.8, 4) is 0 Å². The maximum absolute atomic E-state index is 11.8. The summed E-state index contributed by atoms with van der Waals surface area (Å²) < 4.78 is 0. The van der Waals surface area contributed by atoms with E-state index in [0.29, 0.717) is 27.3 Å². The summed E-state index contributed by atoms with van der Waals surface area (Å²) >= 11 is 17.7. The van der Waals surface area contributed by atoms with E-state index in [1.54, 1.807) is 18.2 Å². The van der Waals surface area contributed by atoms with Crippen molar-refractivity contribution in [1.29, 1.82) is 0 Å². The van der Waals surface area contributed by atoms with Crippen molar-refractivity contribution < 1.29 is 4.79 Å². The SMILES string of the molecule is O=C(CNCc1ccc(Cl)cc1)Nc1cccc(Cl)c1Cl. The summed E-state index contributed by atoms with van der Waals surface area (Å²) in [5.41, 5.74) is 1.55. The second-order valence-electron chi connectivity index (χ2n) is 4.38. The second kappa shape index (κ2) is 7.66. The van der Waals surface area contributed by atoms with Gasteiger partial charge in [0, 0.05) is 11.6 Å². The Morgan fingerprint density at radius 1 is 1.00 bits per heavy atom. The molecular weight excluding hydrogens is 331 g/mol. The van der Waals surface area contributed by atoms with Crippen LogP contribution in [0, 0.1) is 0 Å². The zero-order valence-corrected chi connectivity index (χ0v) is 13.3. The number of rotatable bonds is 5. The zero-order valence-electron chi connectivity index (χ0n) is 11.0. The van der Waals surface area contributed by atoms with Gasteiger partial charge in [-0.2, -0.15) is 0 Å². The number of nitrogens with one attached hydrogen (secondary N) is 2. The highest BCUT2D eigenvalue weighted by Crippen LogP contribution is 2.29. The number of hydrogen-bond donors (Lipinski definition) is 2. The lowest BCUT2D eigenvalue weighted by atomic mass is 10.2. The molecule has 0 aromatic heterocycles. The van der Waals surface area contributed by atoms with E-state index in [4.69, 9.17) is 34.8 Å². The lowest BCUT2D eigenvalue weighted by Gasteiger charge is -2.09. The van der Waals surface area contributed by atoms with Gasteiger partial charge in [0.2, 0.25) is 5.91 Å². The third-order valence-corrected chi connectivity index (χ3v) is 3.82. The van der Waals surface area contributed by atoms with Crippen molar-refractivity contribution in [2.45, 2.75) is 6.54 Å². The van der Waals surface area contributed by atoms with E-state index < -0.39 is 0 Å². The van der Waals surface area contributed by atoms with Crippen LogP contribution < -0.4 is 10.6 Å². The third kappa shape index (κ3) is 4.90. The fourth-order valence-electron chi connectivity index (χ4n) is 1.72. The minimum absolute atomic E-state index is 0.172. The van der Waals surface area contributed by atoms with Gasteiger partial charge in [-0.1, -0.05) is 53.0 Å². The highest BCUT2D eigenvalue weighted by molar-refractivity contribution is 6.44. The summed E-state index contributed by atoms with van der Waals surface area (Å²) in [6.07, 6.45) is 0. The Balaban J connectivity index is 1.82. The molecule has 0 bridgehead atoms. The molecule has 0 heterocycles. The van der Waals surface area contributed by atoms with Gasteiger partial charge in [-0.05, 0) is 29.8 Å². The van der Waals surface area contributed by atoms with E-state index in [0.717, 1.165) is 5.56 Å². The predicted octanol–water partition coefficient (Wildman–Crippen LogP) is 4.38. The van der Waals surface area contributed by atoms with Crippen LogP contribution in [0.3, 0.4) is 0 Å². The Morgan fingerprint density at radius 2 is 1.71 bits per heavy atom. The number of anilines is 1. The second-order valence-corrected chi connectivity index (χ2v) is 5.60. The topological polar surface area (TPSA) is 41.1 Å². The highest BCUT2D eigenvalue weighted by atomic mass is 35.5. The Kier molecular flexibility index (Phi) is 5.88. The number of benzene rings is 2. The highest BCUT2D eigenvalue weighted by Gasteiger charge is 2.07. The molecule has 0 aliphatic carbocycles. The molecule has 0 fully saturated rings. The molecule has 0 radical (unpaired) electrons. The van der Waals surface area contributed by atoms with Gasteiger partial charge in [-0.15, -0.1) is 0 Å². The molecular formula is C15H13Cl3N2O. The summed E-state index contributed by atoms with van der Waals surface area (Å²) in [6, 6.07) is 12.5. The van der Waals surface area contributed by atoms with Crippen LogP contribution in [0.5, 0.6) is 0 Å². The Labute approximate surface area is 138 Å². The number of amides is 1. The first kappa shape index (κ1) is 16.1. The molecule has 0 unspecified atom stereocenters. The van der Waals surface area contributed by atoms with Crippen LogP contribution in [-0.4, -0.2) is 12.5 Å². The minimum atomic E-state index is -0.187. The molecule has 0 atom stereocenters. The molecule has 2 aromatic carbocycles. The summed E-state index contributed by atoms with van der Waals surface area (Å²) in [6.45, 7) is 0.749. The predicted molar refractivity (Wildman–Crippen MR) is 88.3 cm³/mol. The number of hydrogen-bond acceptors (Lipinski definition) is 2. The van der Waals surface area contributed by atoms with Crippen molar-refractivity contribution in [2.24, 2.45) is 0 Å². The molecule has 1 amide bonds. The van der Waals surface area contributed by atoms with E-state index in [1.807, 2.05) is 24.3 Å². The largest absolute Gasteiger partial charge is 0.324 e. The lowest BCUT2D eigenvalue weighted by molar-refractivity contribution is -0.115. The number of carbonyl (C=O) groups excluding carboxylic acids is 1. The van der Waals surface area contributed by atoms with Crippen LogP contribution in [0.1, 0.15) is 5.56 Å². The average molecular weight is 344 g/mol. The smallest absolute Gasteiger partial charge is 0.238 e. The standard InChI is InChI=1S/C15H13Cl3N2O/c16-11-6-4-10(5-7-11)8-19-9-14(21)20-13-3-1-2-12(17)15(13)18/h1-7,19H,8-9H2,(H,20,21). The fraction of sp³-hybridized carbons (Fsp3) is 0.133. The molecule has 0 aliphatic heterocycles. The maximum Gasteiger partial charge on any atom is 0.238 e. The van der Waals surface area contributed by atoms with Gasteiger partial charge >= 0.3 is 0 Å². The molecule has 6 heteroatoms. The van der Waals surface area contributed by atoms with Crippen LogP contribution >= 0.6 is 34.8 Å². The molecule has 0 saturated heterocycles. The number of carbonyl (C=O) groups is 1. The van der Waals surface area contributed by atoms with Crippen LogP contribution in [0.15, 0.2) is 42.5 Å². The Bertz CT molecular complexity index is 629. The quantitative estimate of drug-likeness (QED) is 0.846. The summed E-state index contributed by atoms with van der Waals surface area (Å²) in [5.74, 6) is -0.187. The van der Waals surface area contributed by atoms with Gasteiger partial charge in [0.25, 0.3) is 0 Å². The van der Waals surface area contributed by atoms with Crippen molar-refractivity contribution in [3.05, 3.63) is 63.1 Å². The molecule has 2 N–H and O–H groups in total. The van der Waals surface area contributed by atoms with Gasteiger partial charge in [0.1, 0.15) is 0 Å². The minimum Gasteiger partial charge on any atom is -0.324 e. The van der Waals surface area contributed by atoms with Gasteiger partial charge in [0.15, 0.2) is 0 Å². The van der Waals surface area contributed by atoms with Crippen LogP contribution in [0.2, 0.25) is 15.1 Å². The normalized spacial score (nSPS) is 10.4. The van der Waals surface area contributed by atoms with Gasteiger partial charge in [-0.3, -0.25) is 4.79 Å². The molecule has 2 aromatic rings.